The van der Waals surface area contributed by atoms with E-state index in [4.69, 9.17) is 10.5 Å². The molecule has 0 spiro atoms. The first-order chi connectivity index (χ1) is 7.81. The fourth-order valence-corrected chi connectivity index (χ4v) is 2.49. The second-order valence-electron chi connectivity index (χ2n) is 3.82. The smallest absolute Gasteiger partial charge is 0.198 e. The number of hydrogen-bond acceptors (Lipinski definition) is 6. The standard InChI is InChI=1S/C10H18N4OS/c1-2-15-8-9(11)13-16-10(8)12-14-6-4-3-5-7-14/h12H,2-7H2,1H3,(H2,11,13). The minimum atomic E-state index is 0.478. The molecule has 0 amide bonds. The average Bonchev–Trinajstić information content (AvgIpc) is 2.64. The Labute approximate surface area is 99.7 Å². The maximum atomic E-state index is 5.75. The van der Waals surface area contributed by atoms with Gasteiger partial charge in [0.1, 0.15) is 0 Å². The van der Waals surface area contributed by atoms with Crippen LogP contribution >= 0.6 is 11.5 Å². The van der Waals surface area contributed by atoms with Gasteiger partial charge in [0.15, 0.2) is 16.6 Å². The Morgan fingerprint density at radius 2 is 2.19 bits per heavy atom. The van der Waals surface area contributed by atoms with Gasteiger partial charge in [0.25, 0.3) is 0 Å². The molecule has 2 rings (SSSR count). The molecule has 2 heterocycles. The van der Waals surface area contributed by atoms with Gasteiger partial charge in [-0.25, -0.2) is 5.01 Å². The highest BCUT2D eigenvalue weighted by molar-refractivity contribution is 7.11. The first-order valence-electron chi connectivity index (χ1n) is 5.70. The molecule has 0 unspecified atom stereocenters. The van der Waals surface area contributed by atoms with E-state index >= 15 is 0 Å². The maximum Gasteiger partial charge on any atom is 0.198 e. The summed E-state index contributed by atoms with van der Waals surface area (Å²) in [5.74, 6) is 1.17. The summed E-state index contributed by atoms with van der Waals surface area (Å²) >= 11 is 1.36. The van der Waals surface area contributed by atoms with Gasteiger partial charge in [0, 0.05) is 13.1 Å². The number of rotatable bonds is 4. The van der Waals surface area contributed by atoms with E-state index in [1.54, 1.807) is 0 Å². The summed E-state index contributed by atoms with van der Waals surface area (Å²) in [6, 6.07) is 0. The highest BCUT2D eigenvalue weighted by Crippen LogP contribution is 2.35. The summed E-state index contributed by atoms with van der Waals surface area (Å²) in [5.41, 5.74) is 9.09. The van der Waals surface area contributed by atoms with Crippen molar-refractivity contribution >= 4 is 22.4 Å². The molecule has 5 nitrogen and oxygen atoms in total. The molecule has 0 aromatic carbocycles. The van der Waals surface area contributed by atoms with Crippen LogP contribution in [0.3, 0.4) is 0 Å². The number of aromatic nitrogens is 1. The lowest BCUT2D eigenvalue weighted by Crippen LogP contribution is -2.34. The first-order valence-corrected chi connectivity index (χ1v) is 6.48. The molecule has 1 fully saturated rings. The summed E-state index contributed by atoms with van der Waals surface area (Å²) in [4.78, 5) is 0. The van der Waals surface area contributed by atoms with Crippen LogP contribution in [-0.4, -0.2) is 29.1 Å². The third-order valence-electron chi connectivity index (χ3n) is 2.58. The summed E-state index contributed by atoms with van der Waals surface area (Å²) in [6.07, 6.45) is 3.80. The number of ether oxygens (including phenoxy) is 1. The molecule has 1 aromatic rings. The molecule has 1 aliphatic rings. The molecule has 0 saturated carbocycles. The fourth-order valence-electron chi connectivity index (χ4n) is 1.80. The zero-order valence-electron chi connectivity index (χ0n) is 9.53. The Hall–Kier alpha value is -1.01. The molecule has 90 valence electrons. The molecule has 0 bridgehead atoms. The second-order valence-corrected chi connectivity index (χ2v) is 4.59. The Morgan fingerprint density at radius 3 is 2.88 bits per heavy atom. The average molecular weight is 242 g/mol. The molecule has 0 radical (unpaired) electrons. The van der Waals surface area contributed by atoms with E-state index in [1.165, 1.54) is 30.8 Å². The Bertz CT molecular complexity index is 336. The number of anilines is 2. The van der Waals surface area contributed by atoms with Crippen LogP contribution in [0.25, 0.3) is 0 Å². The molecule has 6 heteroatoms. The van der Waals surface area contributed by atoms with Crippen molar-refractivity contribution in [1.82, 2.24) is 9.38 Å². The van der Waals surface area contributed by atoms with Crippen molar-refractivity contribution in [2.24, 2.45) is 0 Å². The minimum Gasteiger partial charge on any atom is -0.487 e. The zero-order valence-corrected chi connectivity index (χ0v) is 10.3. The predicted molar refractivity (Wildman–Crippen MR) is 66.7 cm³/mol. The Morgan fingerprint density at radius 1 is 1.44 bits per heavy atom. The number of nitrogens with one attached hydrogen (secondary N) is 1. The summed E-state index contributed by atoms with van der Waals surface area (Å²) in [5, 5.41) is 3.13. The molecule has 0 aliphatic carbocycles. The fraction of sp³-hybridized carbons (Fsp3) is 0.700. The molecule has 0 atom stereocenters. The lowest BCUT2D eigenvalue weighted by atomic mass is 10.2. The topological polar surface area (TPSA) is 63.4 Å². The number of nitrogen functional groups attached to an aromatic ring is 1. The molecule has 3 N–H and O–H groups in total. The maximum absolute atomic E-state index is 5.75. The number of hydrogen-bond donors (Lipinski definition) is 2. The van der Waals surface area contributed by atoms with Gasteiger partial charge in [-0.15, -0.1) is 0 Å². The quantitative estimate of drug-likeness (QED) is 0.844. The van der Waals surface area contributed by atoms with Gasteiger partial charge in [0.05, 0.1) is 6.61 Å². The van der Waals surface area contributed by atoms with Gasteiger partial charge in [-0.2, -0.15) is 4.37 Å². The van der Waals surface area contributed by atoms with Crippen LogP contribution in [0.15, 0.2) is 0 Å². The first kappa shape index (κ1) is 11.5. The van der Waals surface area contributed by atoms with Gasteiger partial charge in [-0.3, -0.25) is 0 Å². The van der Waals surface area contributed by atoms with Crippen LogP contribution < -0.4 is 15.9 Å². The third kappa shape index (κ3) is 2.56. The van der Waals surface area contributed by atoms with Gasteiger partial charge in [0.2, 0.25) is 0 Å². The molecule has 1 saturated heterocycles. The number of nitrogens with zero attached hydrogens (tertiary/aromatic N) is 2. The Kier molecular flexibility index (Phi) is 3.84. The number of hydrazine groups is 1. The lowest BCUT2D eigenvalue weighted by Gasteiger charge is -2.27. The van der Waals surface area contributed by atoms with E-state index in [1.807, 2.05) is 6.92 Å². The van der Waals surface area contributed by atoms with Gasteiger partial charge in [-0.05, 0) is 31.3 Å². The third-order valence-corrected chi connectivity index (χ3v) is 3.33. The van der Waals surface area contributed by atoms with E-state index in [0.29, 0.717) is 18.2 Å². The monoisotopic (exact) mass is 242 g/mol. The molecule has 16 heavy (non-hydrogen) atoms. The SMILES string of the molecule is CCOc1c(N)nsc1NN1CCCCC1. The van der Waals surface area contributed by atoms with Crippen molar-refractivity contribution in [1.29, 1.82) is 0 Å². The summed E-state index contributed by atoms with van der Waals surface area (Å²) in [7, 11) is 0. The lowest BCUT2D eigenvalue weighted by molar-refractivity contribution is 0.271. The highest BCUT2D eigenvalue weighted by Gasteiger charge is 2.16. The summed E-state index contributed by atoms with van der Waals surface area (Å²) < 4.78 is 9.59. The van der Waals surface area contributed by atoms with Crippen molar-refractivity contribution in [3.63, 3.8) is 0 Å². The van der Waals surface area contributed by atoms with E-state index in [-0.39, 0.29) is 0 Å². The molecular weight excluding hydrogens is 224 g/mol. The zero-order chi connectivity index (χ0) is 11.4. The van der Waals surface area contributed by atoms with Crippen molar-refractivity contribution < 1.29 is 4.74 Å². The predicted octanol–water partition coefficient (Wildman–Crippen LogP) is 1.94. The van der Waals surface area contributed by atoms with Crippen LogP contribution in [0.1, 0.15) is 26.2 Å². The second kappa shape index (κ2) is 5.36. The number of nitrogens with two attached hydrogens (primary N) is 1. The van der Waals surface area contributed by atoms with Gasteiger partial charge in [-0.1, -0.05) is 6.42 Å². The Balaban J connectivity index is 2.02. The van der Waals surface area contributed by atoms with Crippen molar-refractivity contribution in [3.8, 4) is 5.75 Å². The van der Waals surface area contributed by atoms with E-state index in [0.717, 1.165) is 18.1 Å². The van der Waals surface area contributed by atoms with Crippen LogP contribution in [0, 0.1) is 0 Å². The van der Waals surface area contributed by atoms with Crippen molar-refractivity contribution in [3.05, 3.63) is 0 Å². The van der Waals surface area contributed by atoms with Crippen LogP contribution in [0.2, 0.25) is 0 Å². The minimum absolute atomic E-state index is 0.478. The highest BCUT2D eigenvalue weighted by atomic mass is 32.1. The van der Waals surface area contributed by atoms with Crippen LogP contribution in [-0.2, 0) is 0 Å². The van der Waals surface area contributed by atoms with Crippen molar-refractivity contribution in [2.45, 2.75) is 26.2 Å². The molecule has 1 aromatic heterocycles. The molecular formula is C10H18N4OS. The van der Waals surface area contributed by atoms with Gasteiger partial charge < -0.3 is 15.9 Å². The summed E-state index contributed by atoms with van der Waals surface area (Å²) in [6.45, 7) is 4.70. The van der Waals surface area contributed by atoms with Crippen LogP contribution in [0.4, 0.5) is 10.8 Å². The van der Waals surface area contributed by atoms with Crippen molar-refractivity contribution in [2.75, 3.05) is 30.9 Å². The van der Waals surface area contributed by atoms with E-state index < -0.39 is 0 Å². The van der Waals surface area contributed by atoms with Gasteiger partial charge >= 0.3 is 0 Å². The number of piperidine rings is 1. The van der Waals surface area contributed by atoms with E-state index in [9.17, 15) is 0 Å². The van der Waals surface area contributed by atoms with E-state index in [2.05, 4.69) is 14.8 Å². The van der Waals surface area contributed by atoms with Crippen LogP contribution in [0.5, 0.6) is 5.75 Å². The largest absolute Gasteiger partial charge is 0.487 e. The normalized spacial score (nSPS) is 17.3. The molecule has 1 aliphatic heterocycles.